The number of aryl methyl sites for hydroxylation is 1. The zero-order valence-corrected chi connectivity index (χ0v) is 14.6. The molecule has 0 fully saturated rings. The fourth-order valence-corrected chi connectivity index (χ4v) is 2.49. The van der Waals surface area contributed by atoms with Gasteiger partial charge in [-0.2, -0.15) is 0 Å². The van der Waals surface area contributed by atoms with E-state index in [9.17, 15) is 9.59 Å². The Morgan fingerprint density at radius 1 is 1.13 bits per heavy atom. The van der Waals surface area contributed by atoms with Crippen molar-refractivity contribution < 1.29 is 9.59 Å². The number of carbonyl (C=O) groups is 2. The number of urea groups is 1. The number of carbonyl (C=O) groups excluding carboxylic acids is 2. The van der Waals surface area contributed by atoms with Crippen molar-refractivity contribution in [3.8, 4) is 0 Å². The van der Waals surface area contributed by atoms with Crippen molar-refractivity contribution in [2.75, 3.05) is 0 Å². The van der Waals surface area contributed by atoms with E-state index in [0.29, 0.717) is 5.92 Å². The minimum atomic E-state index is -0.628. The Morgan fingerprint density at radius 2 is 1.83 bits per heavy atom. The van der Waals surface area contributed by atoms with Gasteiger partial charge in [0.05, 0.1) is 12.5 Å². The normalized spacial score (nSPS) is 13.4. The molecule has 3 amide bonds. The molecule has 0 aliphatic carbocycles. The highest BCUT2D eigenvalue weighted by Gasteiger charge is 2.18. The first-order valence-corrected chi connectivity index (χ1v) is 8.19. The van der Waals surface area contributed by atoms with Crippen LogP contribution in [0.25, 0.3) is 0 Å². The zero-order valence-electron chi connectivity index (χ0n) is 14.6. The first-order chi connectivity index (χ1) is 10.8. The van der Waals surface area contributed by atoms with Crippen LogP contribution < -0.4 is 16.4 Å². The highest BCUT2D eigenvalue weighted by atomic mass is 16.2. The van der Waals surface area contributed by atoms with E-state index in [-0.39, 0.29) is 18.4 Å². The van der Waals surface area contributed by atoms with Crippen LogP contribution in [-0.2, 0) is 4.79 Å². The Labute approximate surface area is 139 Å². The highest BCUT2D eigenvalue weighted by Crippen LogP contribution is 2.18. The fourth-order valence-electron chi connectivity index (χ4n) is 2.49. The van der Waals surface area contributed by atoms with Gasteiger partial charge < -0.3 is 16.4 Å². The molecule has 0 bridgehead atoms. The topological polar surface area (TPSA) is 84.2 Å². The number of nitrogens with one attached hydrogen (secondary N) is 2. The lowest BCUT2D eigenvalue weighted by Gasteiger charge is -2.20. The second-order valence-corrected chi connectivity index (χ2v) is 6.62. The van der Waals surface area contributed by atoms with Crippen molar-refractivity contribution in [3.05, 3.63) is 35.4 Å². The SMILES string of the molecule is Cc1cccc([C@@H](CC(=O)N[C@@H](C)CCC(C)C)NC(N)=O)c1. The van der Waals surface area contributed by atoms with Gasteiger partial charge in [-0.25, -0.2) is 4.79 Å². The molecule has 0 heterocycles. The molecule has 4 N–H and O–H groups in total. The predicted octanol–water partition coefficient (Wildman–Crippen LogP) is 3.04. The molecular formula is C18H29N3O2. The van der Waals surface area contributed by atoms with E-state index in [2.05, 4.69) is 24.5 Å². The van der Waals surface area contributed by atoms with Crippen molar-refractivity contribution in [3.63, 3.8) is 0 Å². The summed E-state index contributed by atoms with van der Waals surface area (Å²) in [6.45, 7) is 8.31. The van der Waals surface area contributed by atoms with E-state index in [0.717, 1.165) is 24.0 Å². The predicted molar refractivity (Wildman–Crippen MR) is 92.9 cm³/mol. The lowest BCUT2D eigenvalue weighted by molar-refractivity contribution is -0.122. The van der Waals surface area contributed by atoms with Gasteiger partial charge in [-0.1, -0.05) is 43.7 Å². The third-order valence-corrected chi connectivity index (χ3v) is 3.73. The molecule has 0 spiro atoms. The summed E-state index contributed by atoms with van der Waals surface area (Å²) in [6.07, 6.45) is 2.20. The van der Waals surface area contributed by atoms with Crippen LogP contribution in [0.4, 0.5) is 4.79 Å². The molecule has 0 aliphatic heterocycles. The molecule has 0 saturated heterocycles. The van der Waals surface area contributed by atoms with Crippen LogP contribution in [-0.4, -0.2) is 18.0 Å². The second kappa shape index (κ2) is 9.18. The molecule has 128 valence electrons. The standard InChI is InChI=1S/C18H29N3O2/c1-12(2)8-9-14(4)20-17(22)11-16(21-18(19)23)15-7-5-6-13(3)10-15/h5-7,10,12,14,16H,8-9,11H2,1-4H3,(H,20,22)(H3,19,21,23)/t14-,16+/m0/s1. The molecule has 1 rings (SSSR count). The number of benzene rings is 1. The van der Waals surface area contributed by atoms with Gasteiger partial charge >= 0.3 is 6.03 Å². The minimum absolute atomic E-state index is 0.0819. The summed E-state index contributed by atoms with van der Waals surface area (Å²) in [5.41, 5.74) is 7.20. The molecule has 5 heteroatoms. The molecule has 23 heavy (non-hydrogen) atoms. The van der Waals surface area contributed by atoms with Gasteiger partial charge in [0.2, 0.25) is 5.91 Å². The molecule has 1 aromatic carbocycles. The van der Waals surface area contributed by atoms with Gasteiger partial charge in [0.1, 0.15) is 0 Å². The number of hydrogen-bond acceptors (Lipinski definition) is 2. The molecule has 0 radical (unpaired) electrons. The van der Waals surface area contributed by atoms with Crippen molar-refractivity contribution >= 4 is 11.9 Å². The fraction of sp³-hybridized carbons (Fsp3) is 0.556. The molecule has 1 aromatic rings. The number of amides is 3. The van der Waals surface area contributed by atoms with Gasteiger partial charge in [0, 0.05) is 6.04 Å². The molecule has 0 saturated carbocycles. The first kappa shape index (κ1) is 19.0. The van der Waals surface area contributed by atoms with Gasteiger partial charge in [-0.15, -0.1) is 0 Å². The van der Waals surface area contributed by atoms with E-state index in [4.69, 9.17) is 5.73 Å². The molecule has 0 aliphatic rings. The van der Waals surface area contributed by atoms with E-state index in [1.807, 2.05) is 38.1 Å². The van der Waals surface area contributed by atoms with Crippen LogP contribution in [0.5, 0.6) is 0 Å². The Hall–Kier alpha value is -2.04. The number of nitrogens with two attached hydrogens (primary N) is 1. The largest absolute Gasteiger partial charge is 0.354 e. The minimum Gasteiger partial charge on any atom is -0.354 e. The average molecular weight is 319 g/mol. The molecule has 5 nitrogen and oxygen atoms in total. The Kier molecular flexibility index (Phi) is 7.59. The maximum atomic E-state index is 12.2. The van der Waals surface area contributed by atoms with Gasteiger partial charge in [-0.3, -0.25) is 4.79 Å². The average Bonchev–Trinajstić information content (AvgIpc) is 2.44. The van der Waals surface area contributed by atoms with E-state index < -0.39 is 12.1 Å². The van der Waals surface area contributed by atoms with Gasteiger partial charge in [0.25, 0.3) is 0 Å². The monoisotopic (exact) mass is 319 g/mol. The van der Waals surface area contributed by atoms with Crippen molar-refractivity contribution in [1.82, 2.24) is 10.6 Å². The van der Waals surface area contributed by atoms with Crippen LogP contribution in [0.1, 0.15) is 57.2 Å². The molecule has 0 unspecified atom stereocenters. The van der Waals surface area contributed by atoms with Crippen LogP contribution >= 0.6 is 0 Å². The Morgan fingerprint density at radius 3 is 2.39 bits per heavy atom. The molecule has 2 atom stereocenters. The third kappa shape index (κ3) is 7.68. The summed E-state index contributed by atoms with van der Waals surface area (Å²) in [6, 6.07) is 6.81. The van der Waals surface area contributed by atoms with E-state index >= 15 is 0 Å². The first-order valence-electron chi connectivity index (χ1n) is 8.19. The Balaban J connectivity index is 2.66. The van der Waals surface area contributed by atoms with Gasteiger partial charge in [-0.05, 0) is 38.2 Å². The zero-order chi connectivity index (χ0) is 17.4. The van der Waals surface area contributed by atoms with Crippen LogP contribution in [0.3, 0.4) is 0 Å². The summed E-state index contributed by atoms with van der Waals surface area (Å²) < 4.78 is 0. The highest BCUT2D eigenvalue weighted by molar-refractivity contribution is 5.79. The van der Waals surface area contributed by atoms with Crippen molar-refractivity contribution in [2.45, 2.75) is 59.0 Å². The van der Waals surface area contributed by atoms with Crippen LogP contribution in [0.2, 0.25) is 0 Å². The lowest BCUT2D eigenvalue weighted by atomic mass is 10.0. The van der Waals surface area contributed by atoms with Crippen LogP contribution in [0.15, 0.2) is 24.3 Å². The second-order valence-electron chi connectivity index (χ2n) is 6.62. The lowest BCUT2D eigenvalue weighted by Crippen LogP contribution is -2.39. The number of hydrogen-bond donors (Lipinski definition) is 3. The maximum absolute atomic E-state index is 12.2. The third-order valence-electron chi connectivity index (χ3n) is 3.73. The maximum Gasteiger partial charge on any atom is 0.312 e. The quantitative estimate of drug-likeness (QED) is 0.688. The van der Waals surface area contributed by atoms with Gasteiger partial charge in [0.15, 0.2) is 0 Å². The van der Waals surface area contributed by atoms with Crippen LogP contribution in [0, 0.1) is 12.8 Å². The summed E-state index contributed by atoms with van der Waals surface area (Å²) >= 11 is 0. The molecular weight excluding hydrogens is 290 g/mol. The van der Waals surface area contributed by atoms with E-state index in [1.165, 1.54) is 0 Å². The summed E-state index contributed by atoms with van der Waals surface area (Å²) in [5.74, 6) is 0.535. The summed E-state index contributed by atoms with van der Waals surface area (Å²) in [4.78, 5) is 23.5. The number of rotatable bonds is 8. The molecule has 0 aromatic heterocycles. The smallest absolute Gasteiger partial charge is 0.312 e. The number of primary amides is 1. The van der Waals surface area contributed by atoms with Crippen molar-refractivity contribution in [2.24, 2.45) is 11.7 Å². The van der Waals surface area contributed by atoms with Crippen molar-refractivity contribution in [1.29, 1.82) is 0 Å². The summed E-state index contributed by atoms with van der Waals surface area (Å²) in [7, 11) is 0. The Bertz CT molecular complexity index is 529. The van der Waals surface area contributed by atoms with E-state index in [1.54, 1.807) is 0 Å². The summed E-state index contributed by atoms with van der Waals surface area (Å²) in [5, 5.41) is 5.65.